The number of hydrogen-bond donors (Lipinski definition) is 0. The normalized spacial score (nSPS) is 15.3. The highest BCUT2D eigenvalue weighted by Crippen LogP contribution is 2.20. The van der Waals surface area contributed by atoms with E-state index in [-0.39, 0.29) is 18.2 Å². The third-order valence-corrected chi connectivity index (χ3v) is 5.30. The van der Waals surface area contributed by atoms with Gasteiger partial charge in [-0.3, -0.25) is 9.59 Å². The molecule has 7 nitrogen and oxygen atoms in total. The van der Waals surface area contributed by atoms with Crippen LogP contribution in [0.25, 0.3) is 0 Å². The summed E-state index contributed by atoms with van der Waals surface area (Å²) in [5, 5.41) is 4.71. The van der Waals surface area contributed by atoms with Crippen LogP contribution in [-0.2, 0) is 11.2 Å². The lowest BCUT2D eigenvalue weighted by Crippen LogP contribution is -2.37. The summed E-state index contributed by atoms with van der Waals surface area (Å²) >= 11 is 1.43. The summed E-state index contributed by atoms with van der Waals surface area (Å²) in [6, 6.07) is 1.78. The van der Waals surface area contributed by atoms with Crippen LogP contribution in [0.4, 0.5) is 0 Å². The molecule has 2 aromatic heterocycles. The first-order chi connectivity index (χ1) is 11.9. The minimum Gasteiger partial charge on any atom is -0.361 e. The van der Waals surface area contributed by atoms with Gasteiger partial charge in [-0.05, 0) is 27.2 Å². The van der Waals surface area contributed by atoms with Crippen molar-refractivity contribution in [2.24, 2.45) is 0 Å². The molecule has 0 spiro atoms. The maximum Gasteiger partial charge on any atom is 0.265 e. The van der Waals surface area contributed by atoms with Crippen molar-refractivity contribution in [3.63, 3.8) is 0 Å². The first-order valence-electron chi connectivity index (χ1n) is 8.37. The standard InChI is InChI=1S/C17H22N4O3S/c1-11-9-14(24-19-11)10-15(22)20-5-4-6-21(8-7-20)17(23)16-12(2)18-13(3)25-16/h9H,4-8,10H2,1-3H3. The Morgan fingerprint density at radius 3 is 2.52 bits per heavy atom. The predicted octanol–water partition coefficient (Wildman–Crippen LogP) is 1.97. The zero-order valence-corrected chi connectivity index (χ0v) is 15.6. The Hall–Kier alpha value is -2.22. The topological polar surface area (TPSA) is 79.5 Å². The molecule has 1 aliphatic rings. The fourth-order valence-electron chi connectivity index (χ4n) is 3.00. The van der Waals surface area contributed by atoms with Crippen LogP contribution < -0.4 is 0 Å². The van der Waals surface area contributed by atoms with E-state index >= 15 is 0 Å². The molecule has 3 heterocycles. The molecule has 134 valence electrons. The van der Waals surface area contributed by atoms with E-state index in [9.17, 15) is 9.59 Å². The summed E-state index contributed by atoms with van der Waals surface area (Å²) in [6.07, 6.45) is 0.978. The van der Waals surface area contributed by atoms with E-state index in [2.05, 4.69) is 10.1 Å². The number of hydrogen-bond acceptors (Lipinski definition) is 6. The number of amides is 2. The van der Waals surface area contributed by atoms with E-state index in [4.69, 9.17) is 4.52 Å². The molecule has 0 saturated carbocycles. The molecular weight excluding hydrogens is 340 g/mol. The summed E-state index contributed by atoms with van der Waals surface area (Å²) in [5.74, 6) is 0.606. The van der Waals surface area contributed by atoms with E-state index in [1.807, 2.05) is 25.7 Å². The van der Waals surface area contributed by atoms with Crippen LogP contribution >= 0.6 is 11.3 Å². The molecule has 0 aliphatic carbocycles. The SMILES string of the molecule is Cc1cc(CC(=O)N2CCCN(C(=O)c3sc(C)nc3C)CC2)on1. The second-order valence-electron chi connectivity index (χ2n) is 6.29. The highest BCUT2D eigenvalue weighted by molar-refractivity contribution is 7.13. The number of rotatable bonds is 3. The quantitative estimate of drug-likeness (QED) is 0.834. The number of nitrogens with zero attached hydrogens (tertiary/aromatic N) is 4. The molecule has 0 radical (unpaired) electrons. The molecule has 0 N–H and O–H groups in total. The molecule has 2 aromatic rings. The first-order valence-corrected chi connectivity index (χ1v) is 9.19. The van der Waals surface area contributed by atoms with Crippen molar-refractivity contribution in [1.82, 2.24) is 19.9 Å². The average molecular weight is 362 g/mol. The van der Waals surface area contributed by atoms with Crippen LogP contribution in [0.5, 0.6) is 0 Å². The van der Waals surface area contributed by atoms with Gasteiger partial charge in [0.15, 0.2) is 0 Å². The first kappa shape index (κ1) is 17.6. The van der Waals surface area contributed by atoms with E-state index in [1.165, 1.54) is 11.3 Å². The Bertz CT molecular complexity index is 783. The van der Waals surface area contributed by atoms with E-state index in [1.54, 1.807) is 11.0 Å². The van der Waals surface area contributed by atoms with Crippen LogP contribution in [0.15, 0.2) is 10.6 Å². The van der Waals surface area contributed by atoms with Gasteiger partial charge in [0.1, 0.15) is 10.6 Å². The van der Waals surface area contributed by atoms with Crippen LogP contribution in [0, 0.1) is 20.8 Å². The lowest BCUT2D eigenvalue weighted by Gasteiger charge is -2.21. The Morgan fingerprint density at radius 2 is 1.88 bits per heavy atom. The third-order valence-electron chi connectivity index (χ3n) is 4.24. The van der Waals surface area contributed by atoms with Gasteiger partial charge < -0.3 is 14.3 Å². The lowest BCUT2D eigenvalue weighted by molar-refractivity contribution is -0.130. The molecular formula is C17H22N4O3S. The van der Waals surface area contributed by atoms with Crippen molar-refractivity contribution < 1.29 is 14.1 Å². The van der Waals surface area contributed by atoms with Gasteiger partial charge in [0.25, 0.3) is 5.91 Å². The minimum atomic E-state index is 0.00950. The maximum absolute atomic E-state index is 12.7. The van der Waals surface area contributed by atoms with Crippen molar-refractivity contribution in [3.05, 3.63) is 33.1 Å². The van der Waals surface area contributed by atoms with Crippen molar-refractivity contribution >= 4 is 23.2 Å². The Morgan fingerprint density at radius 1 is 1.16 bits per heavy atom. The van der Waals surface area contributed by atoms with Crippen LogP contribution in [0.1, 0.15) is 38.2 Å². The zero-order chi connectivity index (χ0) is 18.0. The van der Waals surface area contributed by atoms with Crippen LogP contribution in [0.3, 0.4) is 0 Å². The smallest absolute Gasteiger partial charge is 0.265 e. The van der Waals surface area contributed by atoms with Crippen molar-refractivity contribution in [2.45, 2.75) is 33.6 Å². The molecule has 0 bridgehead atoms. The van der Waals surface area contributed by atoms with E-state index in [0.29, 0.717) is 36.8 Å². The minimum absolute atomic E-state index is 0.00950. The number of thiazole rings is 1. The zero-order valence-electron chi connectivity index (χ0n) is 14.7. The molecule has 3 rings (SSSR count). The summed E-state index contributed by atoms with van der Waals surface area (Å²) in [6.45, 7) is 7.98. The van der Waals surface area contributed by atoms with Gasteiger partial charge >= 0.3 is 0 Å². The fourth-order valence-corrected chi connectivity index (χ4v) is 3.89. The highest BCUT2D eigenvalue weighted by Gasteiger charge is 2.25. The van der Waals surface area contributed by atoms with Gasteiger partial charge in [0.05, 0.1) is 22.8 Å². The summed E-state index contributed by atoms with van der Waals surface area (Å²) in [7, 11) is 0. The maximum atomic E-state index is 12.7. The summed E-state index contributed by atoms with van der Waals surface area (Å²) in [4.78, 5) is 33.8. The van der Waals surface area contributed by atoms with Gasteiger partial charge in [-0.1, -0.05) is 5.16 Å². The molecule has 0 aromatic carbocycles. The molecule has 1 aliphatic heterocycles. The molecule has 1 saturated heterocycles. The van der Waals surface area contributed by atoms with Gasteiger partial charge in [-0.25, -0.2) is 4.98 Å². The molecule has 25 heavy (non-hydrogen) atoms. The highest BCUT2D eigenvalue weighted by atomic mass is 32.1. The van der Waals surface area contributed by atoms with E-state index < -0.39 is 0 Å². The predicted molar refractivity (Wildman–Crippen MR) is 93.6 cm³/mol. The third kappa shape index (κ3) is 4.07. The second-order valence-corrected chi connectivity index (χ2v) is 7.49. The average Bonchev–Trinajstić information content (AvgIpc) is 3.02. The van der Waals surface area contributed by atoms with Gasteiger partial charge in [0.2, 0.25) is 5.91 Å². The van der Waals surface area contributed by atoms with E-state index in [0.717, 1.165) is 22.8 Å². The number of carbonyl (C=O) groups excluding carboxylic acids is 2. The number of carbonyl (C=O) groups is 2. The Balaban J connectivity index is 1.61. The molecule has 2 amide bonds. The van der Waals surface area contributed by atoms with Crippen molar-refractivity contribution in [2.75, 3.05) is 26.2 Å². The molecule has 0 atom stereocenters. The van der Waals surface area contributed by atoms with Gasteiger partial charge in [0, 0.05) is 32.2 Å². The monoisotopic (exact) mass is 362 g/mol. The number of aryl methyl sites for hydroxylation is 3. The summed E-state index contributed by atoms with van der Waals surface area (Å²) < 4.78 is 5.12. The molecule has 0 unspecified atom stereocenters. The van der Waals surface area contributed by atoms with Crippen LogP contribution in [0.2, 0.25) is 0 Å². The van der Waals surface area contributed by atoms with Gasteiger partial charge in [-0.15, -0.1) is 11.3 Å². The Labute approximate surface area is 150 Å². The Kier molecular flexibility index (Phi) is 5.17. The summed E-state index contributed by atoms with van der Waals surface area (Å²) in [5.41, 5.74) is 1.55. The number of aromatic nitrogens is 2. The van der Waals surface area contributed by atoms with Crippen molar-refractivity contribution in [1.29, 1.82) is 0 Å². The molecule has 1 fully saturated rings. The van der Waals surface area contributed by atoms with Crippen LogP contribution in [-0.4, -0.2) is 57.9 Å². The lowest BCUT2D eigenvalue weighted by atomic mass is 10.2. The van der Waals surface area contributed by atoms with Crippen molar-refractivity contribution in [3.8, 4) is 0 Å². The molecule has 8 heteroatoms. The van der Waals surface area contributed by atoms with Gasteiger partial charge in [-0.2, -0.15) is 0 Å². The fraction of sp³-hybridized carbons (Fsp3) is 0.529. The largest absolute Gasteiger partial charge is 0.361 e. The second kappa shape index (κ2) is 7.35.